The summed E-state index contributed by atoms with van der Waals surface area (Å²) in [5.74, 6) is 0.624. The van der Waals surface area contributed by atoms with Crippen molar-refractivity contribution in [1.29, 1.82) is 0 Å². The lowest BCUT2D eigenvalue weighted by Crippen LogP contribution is -2.10. The highest BCUT2D eigenvalue weighted by Crippen LogP contribution is 2.31. The van der Waals surface area contributed by atoms with E-state index in [9.17, 15) is 0 Å². The van der Waals surface area contributed by atoms with Gasteiger partial charge < -0.3 is 4.74 Å². The van der Waals surface area contributed by atoms with E-state index < -0.39 is 0 Å². The molecule has 0 bridgehead atoms. The van der Waals surface area contributed by atoms with Gasteiger partial charge in [0.15, 0.2) is 0 Å². The molecule has 2 heteroatoms. The van der Waals surface area contributed by atoms with Crippen LogP contribution in [0.4, 0.5) is 0 Å². The fourth-order valence-electron chi connectivity index (χ4n) is 2.43. The largest absolute Gasteiger partial charge is 0.381 e. The summed E-state index contributed by atoms with van der Waals surface area (Å²) in [6.07, 6.45) is 4.85. The zero-order valence-corrected chi connectivity index (χ0v) is 10.6. The third kappa shape index (κ3) is 2.99. The summed E-state index contributed by atoms with van der Waals surface area (Å²) in [5.41, 5.74) is 2.77. The second-order valence-electron chi connectivity index (χ2n) is 4.59. The lowest BCUT2D eigenvalue weighted by atomic mass is 9.87. The lowest BCUT2D eigenvalue weighted by Gasteiger charge is -2.22. The van der Waals surface area contributed by atoms with E-state index in [0.29, 0.717) is 5.92 Å². The van der Waals surface area contributed by atoms with Crippen LogP contribution in [0, 0.1) is 6.92 Å². The molecule has 0 aliphatic carbocycles. The summed E-state index contributed by atoms with van der Waals surface area (Å²) in [7, 11) is 0. The van der Waals surface area contributed by atoms with Crippen molar-refractivity contribution in [1.82, 2.24) is 0 Å². The molecule has 0 amide bonds. The van der Waals surface area contributed by atoms with Crippen LogP contribution in [0.1, 0.15) is 42.7 Å². The average Bonchev–Trinajstić information content (AvgIpc) is 2.22. The predicted molar refractivity (Wildman–Crippen MR) is 68.2 cm³/mol. The Bertz CT molecular complexity index is 341. The van der Waals surface area contributed by atoms with Crippen LogP contribution in [0.15, 0.2) is 18.2 Å². The first-order chi connectivity index (χ1) is 7.77. The minimum atomic E-state index is 0.624. The van der Waals surface area contributed by atoms with E-state index >= 15 is 0 Å². The Labute approximate surface area is 103 Å². The number of benzene rings is 1. The molecule has 1 saturated heterocycles. The minimum absolute atomic E-state index is 0.624. The van der Waals surface area contributed by atoms with Crippen LogP contribution in [-0.4, -0.2) is 13.2 Å². The second kappa shape index (κ2) is 5.70. The van der Waals surface area contributed by atoms with Crippen molar-refractivity contribution < 1.29 is 4.74 Å². The first-order valence-corrected chi connectivity index (χ1v) is 6.49. The fourth-order valence-corrected chi connectivity index (χ4v) is 2.61. The van der Waals surface area contributed by atoms with Gasteiger partial charge in [-0.1, -0.05) is 24.1 Å². The van der Waals surface area contributed by atoms with Crippen molar-refractivity contribution >= 4 is 11.6 Å². The summed E-state index contributed by atoms with van der Waals surface area (Å²) in [4.78, 5) is 0. The number of rotatable bonds is 1. The Morgan fingerprint density at radius 1 is 1.19 bits per heavy atom. The lowest BCUT2D eigenvalue weighted by molar-refractivity contribution is 0.110. The topological polar surface area (TPSA) is 9.23 Å². The van der Waals surface area contributed by atoms with Crippen LogP contribution in [0.3, 0.4) is 0 Å². The molecule has 1 unspecified atom stereocenters. The van der Waals surface area contributed by atoms with Gasteiger partial charge in [0.2, 0.25) is 0 Å². The van der Waals surface area contributed by atoms with Gasteiger partial charge in [0.05, 0.1) is 0 Å². The van der Waals surface area contributed by atoms with E-state index in [0.717, 1.165) is 24.7 Å². The van der Waals surface area contributed by atoms with E-state index in [2.05, 4.69) is 19.1 Å². The maximum absolute atomic E-state index is 6.08. The molecule has 0 saturated carbocycles. The van der Waals surface area contributed by atoms with Crippen molar-refractivity contribution in [3.63, 3.8) is 0 Å². The molecule has 0 radical (unpaired) electrons. The van der Waals surface area contributed by atoms with Crippen LogP contribution < -0.4 is 0 Å². The van der Waals surface area contributed by atoms with Gasteiger partial charge in [-0.05, 0) is 55.4 Å². The molecule has 88 valence electrons. The molecule has 1 aliphatic heterocycles. The van der Waals surface area contributed by atoms with Gasteiger partial charge in [-0.25, -0.2) is 0 Å². The van der Waals surface area contributed by atoms with Crippen molar-refractivity contribution in [2.24, 2.45) is 0 Å². The zero-order valence-electron chi connectivity index (χ0n) is 9.84. The molecular weight excluding hydrogens is 220 g/mol. The molecule has 0 spiro atoms. The highest BCUT2D eigenvalue weighted by Gasteiger charge is 2.15. The van der Waals surface area contributed by atoms with Crippen molar-refractivity contribution in [3.8, 4) is 0 Å². The van der Waals surface area contributed by atoms with Gasteiger partial charge in [-0.2, -0.15) is 0 Å². The summed E-state index contributed by atoms with van der Waals surface area (Å²) >= 11 is 6.08. The Kier molecular flexibility index (Phi) is 4.25. The fraction of sp³-hybridized carbons (Fsp3) is 0.571. The molecule has 1 fully saturated rings. The SMILES string of the molecule is Cc1ccc(Cl)cc1C1CCCCOCC1. The second-order valence-corrected chi connectivity index (χ2v) is 5.03. The first kappa shape index (κ1) is 11.9. The minimum Gasteiger partial charge on any atom is -0.381 e. The molecule has 2 rings (SSSR count). The molecule has 1 aromatic carbocycles. The number of hydrogen-bond donors (Lipinski definition) is 0. The van der Waals surface area contributed by atoms with E-state index in [1.165, 1.54) is 30.4 Å². The number of halogens is 1. The normalized spacial score (nSPS) is 22.5. The highest BCUT2D eigenvalue weighted by molar-refractivity contribution is 6.30. The van der Waals surface area contributed by atoms with E-state index in [-0.39, 0.29) is 0 Å². The molecule has 16 heavy (non-hydrogen) atoms. The molecule has 0 aromatic heterocycles. The summed E-state index contributed by atoms with van der Waals surface area (Å²) in [5, 5.41) is 0.851. The van der Waals surface area contributed by atoms with Gasteiger partial charge in [-0.3, -0.25) is 0 Å². The van der Waals surface area contributed by atoms with Gasteiger partial charge in [-0.15, -0.1) is 0 Å². The first-order valence-electron chi connectivity index (χ1n) is 6.11. The predicted octanol–water partition coefficient (Wildman–Crippen LogP) is 4.32. The van der Waals surface area contributed by atoms with Gasteiger partial charge >= 0.3 is 0 Å². The molecule has 1 aromatic rings. The summed E-state index contributed by atoms with van der Waals surface area (Å²) in [6.45, 7) is 3.99. The van der Waals surface area contributed by atoms with Crippen LogP contribution in [-0.2, 0) is 4.74 Å². The molecular formula is C14H19ClO. The summed E-state index contributed by atoms with van der Waals surface area (Å²) in [6, 6.07) is 6.22. The molecule has 0 N–H and O–H groups in total. The highest BCUT2D eigenvalue weighted by atomic mass is 35.5. The van der Waals surface area contributed by atoms with E-state index in [4.69, 9.17) is 16.3 Å². The molecule has 1 heterocycles. The van der Waals surface area contributed by atoms with Gasteiger partial charge in [0.1, 0.15) is 0 Å². The van der Waals surface area contributed by atoms with Crippen molar-refractivity contribution in [2.75, 3.05) is 13.2 Å². The third-order valence-electron chi connectivity index (χ3n) is 3.38. The summed E-state index contributed by atoms with van der Waals surface area (Å²) < 4.78 is 5.56. The number of aryl methyl sites for hydroxylation is 1. The average molecular weight is 239 g/mol. The van der Waals surface area contributed by atoms with E-state index in [1.807, 2.05) is 6.07 Å². The zero-order chi connectivity index (χ0) is 11.4. The van der Waals surface area contributed by atoms with Crippen molar-refractivity contribution in [2.45, 2.75) is 38.5 Å². The van der Waals surface area contributed by atoms with Crippen LogP contribution in [0.5, 0.6) is 0 Å². The molecule has 1 aliphatic rings. The number of ether oxygens (including phenoxy) is 1. The van der Waals surface area contributed by atoms with Crippen LogP contribution in [0.2, 0.25) is 5.02 Å². The quantitative estimate of drug-likeness (QED) is 0.708. The Balaban J connectivity index is 2.16. The smallest absolute Gasteiger partial charge is 0.0471 e. The van der Waals surface area contributed by atoms with E-state index in [1.54, 1.807) is 0 Å². The Hall–Kier alpha value is -0.530. The van der Waals surface area contributed by atoms with Crippen LogP contribution >= 0.6 is 11.6 Å². The monoisotopic (exact) mass is 238 g/mol. The maximum atomic E-state index is 6.08. The van der Waals surface area contributed by atoms with Crippen LogP contribution in [0.25, 0.3) is 0 Å². The Morgan fingerprint density at radius 2 is 2.06 bits per heavy atom. The van der Waals surface area contributed by atoms with Gasteiger partial charge in [0.25, 0.3) is 0 Å². The molecule has 1 atom stereocenters. The third-order valence-corrected chi connectivity index (χ3v) is 3.62. The van der Waals surface area contributed by atoms with Crippen molar-refractivity contribution in [3.05, 3.63) is 34.3 Å². The van der Waals surface area contributed by atoms with Gasteiger partial charge in [0, 0.05) is 18.2 Å². The maximum Gasteiger partial charge on any atom is 0.0471 e. The number of hydrogen-bond acceptors (Lipinski definition) is 1. The Morgan fingerprint density at radius 3 is 2.94 bits per heavy atom. The standard InChI is InChI=1S/C14H19ClO/c1-11-5-6-13(15)10-14(11)12-4-2-3-8-16-9-7-12/h5-6,10,12H,2-4,7-9H2,1H3. The molecule has 1 nitrogen and oxygen atoms in total.